The van der Waals surface area contributed by atoms with E-state index in [-0.39, 0.29) is 24.9 Å². The van der Waals surface area contributed by atoms with Crippen LogP contribution in [0.3, 0.4) is 0 Å². The lowest BCUT2D eigenvalue weighted by molar-refractivity contribution is -0.159. The fraction of sp³-hybridized carbons (Fsp3) is 0.833. The zero-order valence-corrected chi connectivity index (χ0v) is 12.1. The molecule has 22 heavy (non-hydrogen) atoms. The van der Waals surface area contributed by atoms with Crippen LogP contribution in [0.4, 0.5) is 17.6 Å². The number of carboxylic acids is 2. The van der Waals surface area contributed by atoms with Gasteiger partial charge in [0, 0.05) is 36.8 Å². The van der Waals surface area contributed by atoms with E-state index in [1.807, 2.05) is 0 Å². The van der Waals surface area contributed by atoms with Gasteiger partial charge in [0.05, 0.1) is 0 Å². The molecule has 0 spiro atoms. The highest BCUT2D eigenvalue weighted by Gasteiger charge is 2.51. The van der Waals surface area contributed by atoms with Crippen molar-refractivity contribution in [3.63, 3.8) is 0 Å². The first-order valence-electron chi connectivity index (χ1n) is 6.45. The zero-order chi connectivity index (χ0) is 17.9. The molecule has 0 aromatic heterocycles. The van der Waals surface area contributed by atoms with Crippen LogP contribution in [-0.4, -0.2) is 46.1 Å². The standard InChI is InChI=1S/2C5H9F2N.C2H2O4/c2*1-3-4(8)2-5(3,6)7;3-1(4)2(5)6/h2*3-4H,2,8H2,1H3;(H,3,4)(H,5,6). The van der Waals surface area contributed by atoms with Crippen molar-refractivity contribution in [2.75, 3.05) is 0 Å². The number of rotatable bonds is 0. The van der Waals surface area contributed by atoms with Gasteiger partial charge in [-0.1, -0.05) is 13.8 Å². The summed E-state index contributed by atoms with van der Waals surface area (Å²) in [4.78, 5) is 18.2. The maximum atomic E-state index is 12.1. The van der Waals surface area contributed by atoms with E-state index in [0.717, 1.165) is 0 Å². The predicted molar refractivity (Wildman–Crippen MR) is 68.7 cm³/mol. The van der Waals surface area contributed by atoms with Gasteiger partial charge < -0.3 is 21.7 Å². The van der Waals surface area contributed by atoms with Gasteiger partial charge in [-0.15, -0.1) is 0 Å². The highest BCUT2D eigenvalue weighted by atomic mass is 19.3. The van der Waals surface area contributed by atoms with Crippen molar-refractivity contribution in [2.45, 2.75) is 50.6 Å². The summed E-state index contributed by atoms with van der Waals surface area (Å²) in [6.07, 6.45) is -0.262. The van der Waals surface area contributed by atoms with Crippen LogP contribution >= 0.6 is 0 Å². The van der Waals surface area contributed by atoms with Gasteiger partial charge >= 0.3 is 11.9 Å². The average molecular weight is 332 g/mol. The summed E-state index contributed by atoms with van der Waals surface area (Å²) in [5.41, 5.74) is 10.4. The molecular weight excluding hydrogens is 312 g/mol. The molecule has 0 saturated heterocycles. The number of aliphatic carboxylic acids is 2. The number of nitrogens with two attached hydrogens (primary N) is 2. The summed E-state index contributed by atoms with van der Waals surface area (Å²) in [7, 11) is 0. The molecule has 0 aliphatic heterocycles. The summed E-state index contributed by atoms with van der Waals surface area (Å²) >= 11 is 0. The second-order valence-corrected chi connectivity index (χ2v) is 5.45. The van der Waals surface area contributed by atoms with E-state index in [4.69, 9.17) is 31.3 Å². The van der Waals surface area contributed by atoms with E-state index < -0.39 is 35.6 Å². The molecule has 4 atom stereocenters. The third-order valence-corrected chi connectivity index (χ3v) is 3.82. The van der Waals surface area contributed by atoms with Crippen LogP contribution in [0.1, 0.15) is 26.7 Å². The molecule has 6 N–H and O–H groups in total. The first-order chi connectivity index (χ1) is 9.72. The van der Waals surface area contributed by atoms with Crippen LogP contribution in [-0.2, 0) is 9.59 Å². The summed E-state index contributed by atoms with van der Waals surface area (Å²) in [5.74, 6) is -9.81. The van der Waals surface area contributed by atoms with Crippen LogP contribution in [0, 0.1) is 11.8 Å². The van der Waals surface area contributed by atoms with Crippen LogP contribution < -0.4 is 11.5 Å². The molecular formula is C12H20F4N2O4. The van der Waals surface area contributed by atoms with Crippen molar-refractivity contribution < 1.29 is 37.4 Å². The molecule has 0 aromatic carbocycles. The Labute approximate surface area is 124 Å². The summed E-state index contributed by atoms with van der Waals surface area (Å²) in [6, 6.07) is -0.546. The molecule has 10 heteroatoms. The SMILES string of the molecule is CC1C(N)CC1(F)F.CC1C(N)CC1(F)F.O=C(O)C(=O)O. The minimum absolute atomic E-state index is 0.131. The Hall–Kier alpha value is -1.42. The van der Waals surface area contributed by atoms with Gasteiger partial charge in [-0.05, 0) is 0 Å². The monoisotopic (exact) mass is 332 g/mol. The molecule has 2 aliphatic carbocycles. The van der Waals surface area contributed by atoms with Crippen LogP contribution in [0.5, 0.6) is 0 Å². The summed E-state index contributed by atoms with van der Waals surface area (Å²) < 4.78 is 48.4. The number of halogens is 4. The molecule has 4 unspecified atom stereocenters. The molecule has 2 fully saturated rings. The second-order valence-electron chi connectivity index (χ2n) is 5.45. The topological polar surface area (TPSA) is 127 Å². The van der Waals surface area contributed by atoms with E-state index in [9.17, 15) is 17.6 Å². The fourth-order valence-corrected chi connectivity index (χ4v) is 1.66. The van der Waals surface area contributed by atoms with Crippen molar-refractivity contribution in [2.24, 2.45) is 23.3 Å². The van der Waals surface area contributed by atoms with Gasteiger partial charge in [0.1, 0.15) is 0 Å². The van der Waals surface area contributed by atoms with Crippen molar-refractivity contribution >= 4 is 11.9 Å². The van der Waals surface area contributed by atoms with Crippen molar-refractivity contribution in [1.29, 1.82) is 0 Å². The maximum Gasteiger partial charge on any atom is 0.414 e. The maximum absolute atomic E-state index is 12.1. The quantitative estimate of drug-likeness (QED) is 0.389. The molecule has 0 radical (unpaired) electrons. The minimum atomic E-state index is -2.47. The smallest absolute Gasteiger partial charge is 0.414 e. The average Bonchev–Trinajstić information content (AvgIpc) is 2.38. The Morgan fingerprint density at radius 1 is 0.864 bits per heavy atom. The van der Waals surface area contributed by atoms with E-state index in [1.54, 1.807) is 0 Å². The number of carboxylic acid groups (broad SMARTS) is 2. The number of hydrogen-bond donors (Lipinski definition) is 4. The minimum Gasteiger partial charge on any atom is -0.473 e. The van der Waals surface area contributed by atoms with E-state index in [0.29, 0.717) is 0 Å². The number of alkyl halides is 4. The van der Waals surface area contributed by atoms with E-state index >= 15 is 0 Å². The van der Waals surface area contributed by atoms with Gasteiger partial charge in [-0.25, -0.2) is 27.2 Å². The number of carbonyl (C=O) groups is 2. The van der Waals surface area contributed by atoms with Crippen molar-refractivity contribution in [3.8, 4) is 0 Å². The molecule has 130 valence electrons. The summed E-state index contributed by atoms with van der Waals surface area (Å²) in [5, 5.41) is 14.8. The molecule has 2 rings (SSSR count). The Bertz CT molecular complexity index is 382. The van der Waals surface area contributed by atoms with E-state index in [1.165, 1.54) is 13.8 Å². The Kier molecular flexibility index (Phi) is 6.76. The first-order valence-corrected chi connectivity index (χ1v) is 6.45. The zero-order valence-electron chi connectivity index (χ0n) is 12.1. The lowest BCUT2D eigenvalue weighted by Crippen LogP contribution is -2.54. The number of hydrogen-bond acceptors (Lipinski definition) is 4. The van der Waals surface area contributed by atoms with Crippen LogP contribution in [0.2, 0.25) is 0 Å². The molecule has 6 nitrogen and oxygen atoms in total. The Balaban J connectivity index is 0.000000306. The Morgan fingerprint density at radius 3 is 1.09 bits per heavy atom. The lowest BCUT2D eigenvalue weighted by atomic mass is 9.77. The van der Waals surface area contributed by atoms with Crippen LogP contribution in [0.25, 0.3) is 0 Å². The first kappa shape index (κ1) is 20.6. The molecule has 0 aromatic rings. The third-order valence-electron chi connectivity index (χ3n) is 3.82. The van der Waals surface area contributed by atoms with E-state index in [2.05, 4.69) is 0 Å². The highest BCUT2D eigenvalue weighted by molar-refractivity contribution is 6.27. The predicted octanol–water partition coefficient (Wildman–Crippen LogP) is 1.13. The second kappa shape index (κ2) is 7.23. The van der Waals surface area contributed by atoms with Crippen molar-refractivity contribution in [1.82, 2.24) is 0 Å². The molecule has 2 saturated carbocycles. The molecule has 2 aliphatic rings. The van der Waals surface area contributed by atoms with Gasteiger partial charge in [-0.3, -0.25) is 0 Å². The Morgan fingerprint density at radius 2 is 1.09 bits per heavy atom. The van der Waals surface area contributed by atoms with Crippen LogP contribution in [0.15, 0.2) is 0 Å². The van der Waals surface area contributed by atoms with Gasteiger partial charge in [0.15, 0.2) is 0 Å². The van der Waals surface area contributed by atoms with Gasteiger partial charge in [0.25, 0.3) is 11.8 Å². The fourth-order valence-electron chi connectivity index (χ4n) is 1.66. The largest absolute Gasteiger partial charge is 0.473 e. The summed E-state index contributed by atoms with van der Waals surface area (Å²) in [6.45, 7) is 2.96. The normalized spacial score (nSPS) is 33.6. The van der Waals surface area contributed by atoms with Gasteiger partial charge in [-0.2, -0.15) is 0 Å². The molecule has 0 bridgehead atoms. The third kappa shape index (κ3) is 5.41. The van der Waals surface area contributed by atoms with Crippen molar-refractivity contribution in [3.05, 3.63) is 0 Å². The lowest BCUT2D eigenvalue weighted by Gasteiger charge is -2.39. The van der Waals surface area contributed by atoms with Gasteiger partial charge in [0.2, 0.25) is 0 Å². The highest BCUT2D eigenvalue weighted by Crippen LogP contribution is 2.42. The molecule has 0 amide bonds. The molecule has 0 heterocycles.